The highest BCUT2D eigenvalue weighted by Crippen LogP contribution is 2.27. The number of hydrazone groups is 1. The molecule has 0 saturated heterocycles. The van der Waals surface area contributed by atoms with Crippen molar-refractivity contribution in [2.24, 2.45) is 5.10 Å². The monoisotopic (exact) mass is 387 g/mol. The molecule has 0 amide bonds. The van der Waals surface area contributed by atoms with Crippen LogP contribution in [-0.2, 0) is 9.53 Å². The summed E-state index contributed by atoms with van der Waals surface area (Å²) in [5, 5.41) is 7.47. The van der Waals surface area contributed by atoms with Crippen molar-refractivity contribution in [2.75, 3.05) is 25.6 Å². The predicted octanol–water partition coefficient (Wildman–Crippen LogP) is 2.96. The molecule has 2 rings (SSSR count). The molecule has 0 fully saturated rings. The fourth-order valence-corrected chi connectivity index (χ4v) is 2.24. The average Bonchev–Trinajstić information content (AvgIpc) is 2.67. The Bertz CT molecular complexity index is 797. The number of thiocarbonyl (C=S) groups is 1. The number of benzene rings is 2. The molecule has 0 aromatic heterocycles. The van der Waals surface area contributed by atoms with E-state index in [-0.39, 0.29) is 6.61 Å². The van der Waals surface area contributed by atoms with Gasteiger partial charge in [0.1, 0.15) is 0 Å². The number of nitrogens with zero attached hydrogens (tertiary/aromatic N) is 1. The van der Waals surface area contributed by atoms with E-state index in [0.717, 1.165) is 11.3 Å². The molecule has 0 bridgehead atoms. The first-order valence-corrected chi connectivity index (χ1v) is 8.64. The van der Waals surface area contributed by atoms with Gasteiger partial charge in [0.2, 0.25) is 0 Å². The Morgan fingerprint density at radius 2 is 1.96 bits per heavy atom. The topological polar surface area (TPSA) is 81.2 Å². The summed E-state index contributed by atoms with van der Waals surface area (Å²) in [5.41, 5.74) is 4.34. The number of rotatable bonds is 8. The lowest BCUT2D eigenvalue weighted by Crippen LogP contribution is -2.23. The molecule has 0 heterocycles. The van der Waals surface area contributed by atoms with Crippen LogP contribution in [0.15, 0.2) is 53.6 Å². The molecule has 8 heteroatoms. The number of nitrogens with one attached hydrogen (secondary N) is 2. The minimum absolute atomic E-state index is 0.200. The normalized spacial score (nSPS) is 10.3. The maximum Gasteiger partial charge on any atom is 0.344 e. The summed E-state index contributed by atoms with van der Waals surface area (Å²) >= 11 is 5.18. The number of para-hydroxylation sites is 1. The van der Waals surface area contributed by atoms with Gasteiger partial charge in [-0.25, -0.2) is 4.79 Å². The number of ether oxygens (including phenoxy) is 3. The second kappa shape index (κ2) is 10.8. The van der Waals surface area contributed by atoms with Crippen molar-refractivity contribution in [3.63, 3.8) is 0 Å². The van der Waals surface area contributed by atoms with Gasteiger partial charge in [0.05, 0.1) is 19.9 Å². The summed E-state index contributed by atoms with van der Waals surface area (Å²) in [6, 6.07) is 14.8. The third kappa shape index (κ3) is 6.95. The second-order valence-corrected chi connectivity index (χ2v) is 5.60. The molecule has 2 aromatic rings. The Hall–Kier alpha value is -3.13. The van der Waals surface area contributed by atoms with E-state index in [1.165, 1.54) is 7.11 Å². The highest BCUT2D eigenvalue weighted by molar-refractivity contribution is 7.80. The standard InChI is InChI=1S/C19H21N3O4S/c1-3-25-18(23)13-26-17-11-14(9-10-16(17)24-2)12-20-22-19(27)21-15-7-5-4-6-8-15/h4-12H,3,13H2,1-2H3,(H2,21,22,27)/b20-12+. The number of carbonyl (C=O) groups is 1. The van der Waals surface area contributed by atoms with Gasteiger partial charge in [0.15, 0.2) is 23.2 Å². The Balaban J connectivity index is 1.95. The summed E-state index contributed by atoms with van der Waals surface area (Å²) in [6.45, 7) is 1.84. The summed E-state index contributed by atoms with van der Waals surface area (Å²) < 4.78 is 15.5. The van der Waals surface area contributed by atoms with Crippen molar-refractivity contribution in [3.8, 4) is 11.5 Å². The van der Waals surface area contributed by atoms with E-state index in [1.807, 2.05) is 30.3 Å². The van der Waals surface area contributed by atoms with Crippen molar-refractivity contribution < 1.29 is 19.0 Å². The van der Waals surface area contributed by atoms with E-state index in [0.29, 0.717) is 23.2 Å². The lowest BCUT2D eigenvalue weighted by Gasteiger charge is -2.11. The fourth-order valence-electron chi connectivity index (χ4n) is 2.07. The first-order chi connectivity index (χ1) is 13.1. The Morgan fingerprint density at radius 1 is 1.19 bits per heavy atom. The molecule has 142 valence electrons. The highest BCUT2D eigenvalue weighted by Gasteiger charge is 2.09. The zero-order chi connectivity index (χ0) is 19.5. The molecule has 2 aromatic carbocycles. The van der Waals surface area contributed by atoms with Crippen LogP contribution in [-0.4, -0.2) is 37.6 Å². The summed E-state index contributed by atoms with van der Waals surface area (Å²) in [5.74, 6) is 0.475. The van der Waals surface area contributed by atoms with Crippen LogP contribution in [0, 0.1) is 0 Å². The average molecular weight is 387 g/mol. The highest BCUT2D eigenvalue weighted by atomic mass is 32.1. The van der Waals surface area contributed by atoms with Crippen LogP contribution in [0.5, 0.6) is 11.5 Å². The number of anilines is 1. The van der Waals surface area contributed by atoms with Crippen molar-refractivity contribution >= 4 is 35.2 Å². The van der Waals surface area contributed by atoms with Crippen LogP contribution < -0.4 is 20.2 Å². The molecular weight excluding hydrogens is 366 g/mol. The smallest absolute Gasteiger partial charge is 0.344 e. The number of hydrogen-bond donors (Lipinski definition) is 2. The van der Waals surface area contributed by atoms with Crippen molar-refractivity contribution in [3.05, 3.63) is 54.1 Å². The molecular formula is C19H21N3O4S. The van der Waals surface area contributed by atoms with Crippen LogP contribution in [0.4, 0.5) is 5.69 Å². The Kier molecular flexibility index (Phi) is 8.05. The van der Waals surface area contributed by atoms with Gasteiger partial charge < -0.3 is 19.5 Å². The molecule has 0 spiro atoms. The van der Waals surface area contributed by atoms with Gasteiger partial charge in [-0.05, 0) is 55.0 Å². The van der Waals surface area contributed by atoms with E-state index in [9.17, 15) is 4.79 Å². The quantitative estimate of drug-likeness (QED) is 0.312. The minimum atomic E-state index is -0.447. The van der Waals surface area contributed by atoms with Gasteiger partial charge >= 0.3 is 5.97 Å². The predicted molar refractivity (Wildman–Crippen MR) is 109 cm³/mol. The number of carbonyl (C=O) groups excluding carboxylic acids is 1. The summed E-state index contributed by atoms with van der Waals surface area (Å²) in [4.78, 5) is 11.5. The largest absolute Gasteiger partial charge is 0.493 e. The van der Waals surface area contributed by atoms with Crippen molar-refractivity contribution in [1.82, 2.24) is 5.43 Å². The maximum absolute atomic E-state index is 11.5. The van der Waals surface area contributed by atoms with Gasteiger partial charge in [-0.2, -0.15) is 5.10 Å². The van der Waals surface area contributed by atoms with Crippen molar-refractivity contribution in [2.45, 2.75) is 6.92 Å². The van der Waals surface area contributed by atoms with E-state index in [1.54, 1.807) is 31.3 Å². The molecule has 0 radical (unpaired) electrons. The lowest BCUT2D eigenvalue weighted by atomic mass is 10.2. The van der Waals surface area contributed by atoms with E-state index >= 15 is 0 Å². The first-order valence-electron chi connectivity index (χ1n) is 8.24. The number of hydrogen-bond acceptors (Lipinski definition) is 6. The molecule has 0 aliphatic rings. The zero-order valence-corrected chi connectivity index (χ0v) is 15.9. The van der Waals surface area contributed by atoms with Gasteiger partial charge in [-0.3, -0.25) is 5.43 Å². The van der Waals surface area contributed by atoms with Gasteiger partial charge in [-0.1, -0.05) is 18.2 Å². The lowest BCUT2D eigenvalue weighted by molar-refractivity contribution is -0.145. The zero-order valence-electron chi connectivity index (χ0n) is 15.1. The summed E-state index contributed by atoms with van der Waals surface area (Å²) in [6.07, 6.45) is 1.58. The third-order valence-corrected chi connectivity index (χ3v) is 3.44. The van der Waals surface area contributed by atoms with Gasteiger partial charge in [0, 0.05) is 5.69 Å². The molecule has 0 aliphatic carbocycles. The van der Waals surface area contributed by atoms with Crippen LogP contribution in [0.25, 0.3) is 0 Å². The second-order valence-electron chi connectivity index (χ2n) is 5.19. The minimum Gasteiger partial charge on any atom is -0.493 e. The molecule has 0 aliphatic heterocycles. The maximum atomic E-state index is 11.5. The summed E-state index contributed by atoms with van der Waals surface area (Å²) in [7, 11) is 1.52. The molecule has 2 N–H and O–H groups in total. The molecule has 0 saturated carbocycles. The SMILES string of the molecule is CCOC(=O)COc1cc(/C=N/NC(=S)Nc2ccccc2)ccc1OC. The van der Waals surface area contributed by atoms with Crippen LogP contribution in [0.1, 0.15) is 12.5 Å². The first kappa shape index (κ1) is 20.2. The van der Waals surface area contributed by atoms with Crippen LogP contribution >= 0.6 is 12.2 Å². The molecule has 27 heavy (non-hydrogen) atoms. The van der Waals surface area contributed by atoms with E-state index in [4.69, 9.17) is 26.4 Å². The third-order valence-electron chi connectivity index (χ3n) is 3.25. The van der Waals surface area contributed by atoms with E-state index < -0.39 is 5.97 Å². The van der Waals surface area contributed by atoms with Gasteiger partial charge in [0.25, 0.3) is 0 Å². The molecule has 7 nitrogen and oxygen atoms in total. The molecule has 0 unspecified atom stereocenters. The van der Waals surface area contributed by atoms with Crippen LogP contribution in [0.2, 0.25) is 0 Å². The Labute approximate surface area is 163 Å². The van der Waals surface area contributed by atoms with Gasteiger partial charge in [-0.15, -0.1) is 0 Å². The number of esters is 1. The van der Waals surface area contributed by atoms with Crippen molar-refractivity contribution in [1.29, 1.82) is 0 Å². The fraction of sp³-hybridized carbons (Fsp3) is 0.211. The van der Waals surface area contributed by atoms with E-state index in [2.05, 4.69) is 15.8 Å². The number of methoxy groups -OCH3 is 1. The molecule has 0 atom stereocenters. The Morgan fingerprint density at radius 3 is 2.67 bits per heavy atom. The van der Waals surface area contributed by atoms with Crippen LogP contribution in [0.3, 0.4) is 0 Å².